The first-order valence-corrected chi connectivity index (χ1v) is 9.16. The Hall–Kier alpha value is -3.06. The van der Waals surface area contributed by atoms with E-state index in [1.165, 1.54) is 0 Å². The molecule has 2 aliphatic heterocycles. The molecule has 2 aliphatic rings. The Morgan fingerprint density at radius 3 is 1.74 bits per heavy atom. The predicted octanol–water partition coefficient (Wildman–Crippen LogP) is 4.36. The number of hydrogen-bond donors (Lipinski definition) is 0. The van der Waals surface area contributed by atoms with Gasteiger partial charge in [0, 0.05) is 6.42 Å². The van der Waals surface area contributed by atoms with Gasteiger partial charge in [-0.1, -0.05) is 60.7 Å². The second kappa shape index (κ2) is 7.28. The molecule has 136 valence electrons. The van der Waals surface area contributed by atoms with Gasteiger partial charge in [0.2, 0.25) is 11.8 Å². The van der Waals surface area contributed by atoms with Gasteiger partial charge in [-0.3, -0.25) is 0 Å². The van der Waals surface area contributed by atoms with E-state index in [9.17, 15) is 0 Å². The van der Waals surface area contributed by atoms with E-state index in [1.54, 1.807) is 0 Å². The molecular weight excluding hydrogens is 336 g/mol. The summed E-state index contributed by atoms with van der Waals surface area (Å²) in [5, 5.41) is 0. The van der Waals surface area contributed by atoms with Gasteiger partial charge in [-0.05, 0) is 18.1 Å². The first kappa shape index (κ1) is 17.4. The Balaban J connectivity index is 1.63. The van der Waals surface area contributed by atoms with Crippen LogP contribution >= 0.6 is 0 Å². The standard InChI is InChI=1S/C23H22N2O2/c1-3-14-23(2,21-24-19(15-26-21)17-10-6-4-7-11-17)22-25-20(16-27-22)18-12-8-5-9-13-18/h1,4-13,19-20H,14-16H2,2H3. The highest BCUT2D eigenvalue weighted by atomic mass is 16.5. The summed E-state index contributed by atoms with van der Waals surface area (Å²) in [6, 6.07) is 20.3. The lowest BCUT2D eigenvalue weighted by molar-refractivity contribution is 0.260. The van der Waals surface area contributed by atoms with Crippen molar-refractivity contribution in [1.29, 1.82) is 0 Å². The van der Waals surface area contributed by atoms with Crippen LogP contribution in [0.2, 0.25) is 0 Å². The number of rotatable bonds is 5. The third-order valence-electron chi connectivity index (χ3n) is 5.07. The Morgan fingerprint density at radius 1 is 0.889 bits per heavy atom. The van der Waals surface area contributed by atoms with Crippen molar-refractivity contribution in [2.75, 3.05) is 13.2 Å². The van der Waals surface area contributed by atoms with Gasteiger partial charge in [-0.15, -0.1) is 12.3 Å². The fourth-order valence-corrected chi connectivity index (χ4v) is 3.49. The molecule has 0 aliphatic carbocycles. The molecule has 0 N–H and O–H groups in total. The van der Waals surface area contributed by atoms with Gasteiger partial charge in [-0.2, -0.15) is 0 Å². The molecule has 2 heterocycles. The molecule has 4 nitrogen and oxygen atoms in total. The predicted molar refractivity (Wildman–Crippen MR) is 107 cm³/mol. The number of aliphatic imine (C=N–C) groups is 2. The van der Waals surface area contributed by atoms with Crippen molar-refractivity contribution in [3.63, 3.8) is 0 Å². The third-order valence-corrected chi connectivity index (χ3v) is 5.07. The van der Waals surface area contributed by atoms with Crippen molar-refractivity contribution < 1.29 is 9.47 Å². The highest BCUT2D eigenvalue weighted by Gasteiger charge is 2.45. The zero-order valence-corrected chi connectivity index (χ0v) is 15.3. The Kier molecular flexibility index (Phi) is 4.68. The molecule has 2 atom stereocenters. The summed E-state index contributed by atoms with van der Waals surface area (Å²) in [5.74, 6) is 3.98. The topological polar surface area (TPSA) is 43.2 Å². The maximum absolute atomic E-state index is 5.98. The SMILES string of the molecule is C#CCC(C)(C1=NC(c2ccccc2)CO1)C1=NC(c2ccccc2)CO1. The quantitative estimate of drug-likeness (QED) is 0.746. The molecule has 4 heteroatoms. The summed E-state index contributed by atoms with van der Waals surface area (Å²) >= 11 is 0. The summed E-state index contributed by atoms with van der Waals surface area (Å²) in [6.07, 6.45) is 6.09. The zero-order valence-electron chi connectivity index (χ0n) is 15.3. The van der Waals surface area contributed by atoms with Crippen LogP contribution in [0.5, 0.6) is 0 Å². The van der Waals surface area contributed by atoms with Gasteiger partial charge >= 0.3 is 0 Å². The normalized spacial score (nSPS) is 23.4. The zero-order chi connectivity index (χ0) is 18.7. The fraction of sp³-hybridized carbons (Fsp3) is 0.304. The summed E-state index contributed by atoms with van der Waals surface area (Å²) in [7, 11) is 0. The van der Waals surface area contributed by atoms with E-state index in [0.717, 1.165) is 11.1 Å². The molecule has 2 aromatic rings. The second-order valence-electron chi connectivity index (χ2n) is 7.06. The van der Waals surface area contributed by atoms with Gasteiger partial charge in [-0.25, -0.2) is 9.98 Å². The molecule has 2 aromatic carbocycles. The van der Waals surface area contributed by atoms with Crippen LogP contribution in [0.25, 0.3) is 0 Å². The molecule has 27 heavy (non-hydrogen) atoms. The van der Waals surface area contributed by atoms with Crippen molar-refractivity contribution in [1.82, 2.24) is 0 Å². The number of hydrogen-bond acceptors (Lipinski definition) is 4. The molecule has 0 aromatic heterocycles. The Morgan fingerprint density at radius 2 is 1.33 bits per heavy atom. The molecule has 4 rings (SSSR count). The highest BCUT2D eigenvalue weighted by Crippen LogP contribution is 2.37. The Bertz CT molecular complexity index is 831. The maximum Gasteiger partial charge on any atom is 0.200 e. The van der Waals surface area contributed by atoms with Gasteiger partial charge in [0.15, 0.2) is 0 Å². The van der Waals surface area contributed by atoms with E-state index in [4.69, 9.17) is 25.9 Å². The Labute approximate surface area is 160 Å². The van der Waals surface area contributed by atoms with Crippen LogP contribution in [0.4, 0.5) is 0 Å². The van der Waals surface area contributed by atoms with Crippen LogP contribution in [0.15, 0.2) is 70.6 Å². The van der Waals surface area contributed by atoms with E-state index in [0.29, 0.717) is 31.4 Å². The van der Waals surface area contributed by atoms with Crippen LogP contribution in [-0.2, 0) is 9.47 Å². The minimum atomic E-state index is -0.651. The van der Waals surface area contributed by atoms with Crippen LogP contribution < -0.4 is 0 Å². The van der Waals surface area contributed by atoms with E-state index in [1.807, 2.05) is 43.3 Å². The summed E-state index contributed by atoms with van der Waals surface area (Å²) < 4.78 is 12.0. The number of nitrogens with zero attached hydrogens (tertiary/aromatic N) is 2. The lowest BCUT2D eigenvalue weighted by atomic mass is 9.86. The minimum absolute atomic E-state index is 0.0229. The average Bonchev–Trinajstić information content (AvgIpc) is 3.40. The molecular formula is C23H22N2O2. The van der Waals surface area contributed by atoms with Crippen LogP contribution in [0.3, 0.4) is 0 Å². The van der Waals surface area contributed by atoms with Crippen LogP contribution in [0.1, 0.15) is 36.6 Å². The van der Waals surface area contributed by atoms with Crippen LogP contribution in [0, 0.1) is 17.8 Å². The summed E-state index contributed by atoms with van der Waals surface area (Å²) in [4.78, 5) is 9.66. The second-order valence-corrected chi connectivity index (χ2v) is 7.06. The number of benzene rings is 2. The van der Waals surface area contributed by atoms with E-state index < -0.39 is 5.41 Å². The van der Waals surface area contributed by atoms with Gasteiger partial charge in [0.05, 0.1) is 0 Å². The molecule has 0 amide bonds. The first-order chi connectivity index (χ1) is 13.2. The maximum atomic E-state index is 5.98. The average molecular weight is 358 g/mol. The molecule has 0 radical (unpaired) electrons. The van der Waals surface area contributed by atoms with Crippen molar-refractivity contribution in [3.05, 3.63) is 71.8 Å². The smallest absolute Gasteiger partial charge is 0.200 e. The third kappa shape index (κ3) is 3.33. The highest BCUT2D eigenvalue weighted by molar-refractivity contribution is 6.06. The van der Waals surface area contributed by atoms with Gasteiger partial charge < -0.3 is 9.47 Å². The molecule has 2 unspecified atom stereocenters. The van der Waals surface area contributed by atoms with Crippen LogP contribution in [-0.4, -0.2) is 25.0 Å². The number of terminal acetylenes is 1. The molecule has 0 fully saturated rings. The largest absolute Gasteiger partial charge is 0.478 e. The minimum Gasteiger partial charge on any atom is -0.478 e. The van der Waals surface area contributed by atoms with E-state index >= 15 is 0 Å². The van der Waals surface area contributed by atoms with Gasteiger partial charge in [0.25, 0.3) is 0 Å². The number of ether oxygens (including phenoxy) is 2. The van der Waals surface area contributed by atoms with Crippen molar-refractivity contribution in [3.8, 4) is 12.3 Å². The monoisotopic (exact) mass is 358 g/mol. The first-order valence-electron chi connectivity index (χ1n) is 9.16. The van der Waals surface area contributed by atoms with E-state index in [2.05, 4.69) is 30.2 Å². The van der Waals surface area contributed by atoms with Crippen molar-refractivity contribution in [2.24, 2.45) is 15.4 Å². The molecule has 0 spiro atoms. The lowest BCUT2D eigenvalue weighted by Crippen LogP contribution is -2.37. The fourth-order valence-electron chi connectivity index (χ4n) is 3.49. The molecule has 0 bridgehead atoms. The van der Waals surface area contributed by atoms with Crippen molar-refractivity contribution >= 4 is 11.8 Å². The molecule has 0 saturated heterocycles. The summed E-state index contributed by atoms with van der Waals surface area (Å²) in [5.41, 5.74) is 1.61. The molecule has 0 saturated carbocycles. The van der Waals surface area contributed by atoms with E-state index in [-0.39, 0.29) is 12.1 Å². The summed E-state index contributed by atoms with van der Waals surface area (Å²) in [6.45, 7) is 3.02. The van der Waals surface area contributed by atoms with Crippen molar-refractivity contribution in [2.45, 2.75) is 25.4 Å². The van der Waals surface area contributed by atoms with Gasteiger partial charge in [0.1, 0.15) is 30.7 Å². The lowest BCUT2D eigenvalue weighted by Gasteiger charge is -2.25.